The normalized spacial score (nSPS) is 18.3. The van der Waals surface area contributed by atoms with Crippen LogP contribution in [0, 0.1) is 5.82 Å². The van der Waals surface area contributed by atoms with Gasteiger partial charge in [0.1, 0.15) is 11.4 Å². The van der Waals surface area contributed by atoms with Gasteiger partial charge in [0.05, 0.1) is 18.7 Å². The topological polar surface area (TPSA) is 42.2 Å². The first kappa shape index (κ1) is 16.9. The van der Waals surface area contributed by atoms with Crippen molar-refractivity contribution in [3.8, 4) is 0 Å². The number of nitrogens with one attached hydrogen (secondary N) is 1. The van der Waals surface area contributed by atoms with Gasteiger partial charge >= 0.3 is 0 Å². The minimum atomic E-state index is -0.203. The maximum absolute atomic E-state index is 14.0. The summed E-state index contributed by atoms with van der Waals surface area (Å²) in [6.07, 6.45) is 6.19. The van der Waals surface area contributed by atoms with Crippen LogP contribution >= 0.6 is 11.8 Å². The Labute approximate surface area is 161 Å². The molecule has 1 unspecified atom stereocenters. The Balaban J connectivity index is 1.36. The highest BCUT2D eigenvalue weighted by Gasteiger charge is 2.25. The Hall–Kier alpha value is -2.27. The molecule has 1 aromatic heterocycles. The summed E-state index contributed by atoms with van der Waals surface area (Å²) in [6, 6.07) is 9.27. The zero-order valence-electron chi connectivity index (χ0n) is 14.9. The third-order valence-electron chi connectivity index (χ3n) is 5.58. The van der Waals surface area contributed by atoms with Crippen LogP contribution in [0.3, 0.4) is 0 Å². The second-order valence-corrected chi connectivity index (χ2v) is 8.43. The first-order valence-corrected chi connectivity index (χ1v) is 10.4. The van der Waals surface area contributed by atoms with Crippen LogP contribution in [0.5, 0.6) is 0 Å². The summed E-state index contributed by atoms with van der Waals surface area (Å²) in [5, 5.41) is 4.14. The Morgan fingerprint density at radius 2 is 2.11 bits per heavy atom. The number of furan rings is 1. The van der Waals surface area contributed by atoms with Gasteiger partial charge in [-0.25, -0.2) is 4.39 Å². The first-order chi connectivity index (χ1) is 13.2. The molecule has 1 N–H and O–H groups in total. The van der Waals surface area contributed by atoms with Crippen LogP contribution in [0.2, 0.25) is 0 Å². The number of rotatable bonds is 3. The number of carbonyl (C=O) groups is 1. The minimum Gasteiger partial charge on any atom is -0.464 e. The van der Waals surface area contributed by atoms with E-state index in [4.69, 9.17) is 4.42 Å². The third kappa shape index (κ3) is 3.04. The molecule has 2 aliphatic rings. The number of thioether (sulfide) groups is 1. The average Bonchev–Trinajstić information content (AvgIpc) is 3.27. The van der Waals surface area contributed by atoms with Gasteiger partial charge < -0.3 is 9.73 Å². The number of benzene rings is 2. The lowest BCUT2D eigenvalue weighted by molar-refractivity contribution is -0.121. The van der Waals surface area contributed by atoms with E-state index in [1.807, 2.05) is 6.07 Å². The third-order valence-corrected chi connectivity index (χ3v) is 6.74. The fourth-order valence-electron chi connectivity index (χ4n) is 4.24. The van der Waals surface area contributed by atoms with Gasteiger partial charge in [0.25, 0.3) is 0 Å². The van der Waals surface area contributed by atoms with Crippen molar-refractivity contribution in [2.45, 2.75) is 43.0 Å². The van der Waals surface area contributed by atoms with Crippen molar-refractivity contribution in [1.82, 2.24) is 5.32 Å². The Morgan fingerprint density at radius 3 is 3.00 bits per heavy atom. The molecule has 1 aliphatic carbocycles. The van der Waals surface area contributed by atoms with Crippen LogP contribution in [0.15, 0.2) is 45.9 Å². The quantitative estimate of drug-likeness (QED) is 0.697. The lowest BCUT2D eigenvalue weighted by Gasteiger charge is -2.26. The first-order valence-electron chi connectivity index (χ1n) is 9.41. The number of aryl methyl sites for hydroxylation is 2. The SMILES string of the molecule is O=C(Cc1coc2cc3c(cc12)CCC3)NC1CCSc2c(F)cccc21. The van der Waals surface area contributed by atoms with Crippen LogP contribution in [0.4, 0.5) is 4.39 Å². The molecule has 0 saturated carbocycles. The van der Waals surface area contributed by atoms with Gasteiger partial charge in [0.2, 0.25) is 5.91 Å². The molecule has 1 aliphatic heterocycles. The number of fused-ring (bicyclic) bond motifs is 3. The van der Waals surface area contributed by atoms with E-state index in [1.165, 1.54) is 35.4 Å². The summed E-state index contributed by atoms with van der Waals surface area (Å²) in [5.74, 6) is 0.552. The molecule has 0 bridgehead atoms. The number of hydrogen-bond donors (Lipinski definition) is 1. The maximum atomic E-state index is 14.0. The number of hydrogen-bond acceptors (Lipinski definition) is 3. The van der Waals surface area contributed by atoms with Gasteiger partial charge in [-0.2, -0.15) is 0 Å². The van der Waals surface area contributed by atoms with E-state index in [0.29, 0.717) is 4.90 Å². The second kappa shape index (κ2) is 6.71. The van der Waals surface area contributed by atoms with Crippen molar-refractivity contribution >= 4 is 28.6 Å². The predicted octanol–water partition coefficient (Wildman–Crippen LogP) is 4.96. The Morgan fingerprint density at radius 1 is 1.26 bits per heavy atom. The average molecular weight is 381 g/mol. The second-order valence-electron chi connectivity index (χ2n) is 7.32. The molecule has 138 valence electrons. The highest BCUT2D eigenvalue weighted by molar-refractivity contribution is 7.99. The van der Waals surface area contributed by atoms with Crippen LogP contribution in [-0.4, -0.2) is 11.7 Å². The molecule has 0 radical (unpaired) electrons. The molecule has 0 fully saturated rings. The number of carbonyl (C=O) groups excluding carboxylic acids is 1. The molecule has 5 heteroatoms. The number of halogens is 1. The van der Waals surface area contributed by atoms with Crippen molar-refractivity contribution in [2.75, 3.05) is 5.75 Å². The molecule has 2 heterocycles. The van der Waals surface area contributed by atoms with Gasteiger partial charge in [-0.15, -0.1) is 11.8 Å². The molecule has 0 spiro atoms. The molecule has 1 atom stereocenters. The molecule has 3 nitrogen and oxygen atoms in total. The summed E-state index contributed by atoms with van der Waals surface area (Å²) >= 11 is 1.52. The van der Waals surface area contributed by atoms with E-state index in [-0.39, 0.29) is 24.2 Å². The minimum absolute atomic E-state index is 0.0506. The van der Waals surface area contributed by atoms with E-state index < -0.39 is 0 Å². The van der Waals surface area contributed by atoms with E-state index in [0.717, 1.165) is 47.1 Å². The van der Waals surface area contributed by atoms with E-state index in [1.54, 1.807) is 12.3 Å². The van der Waals surface area contributed by atoms with Crippen LogP contribution < -0.4 is 5.32 Å². The predicted molar refractivity (Wildman–Crippen MR) is 105 cm³/mol. The van der Waals surface area contributed by atoms with Crippen LogP contribution in [0.25, 0.3) is 11.0 Å². The van der Waals surface area contributed by atoms with Gasteiger partial charge in [0, 0.05) is 21.6 Å². The number of amides is 1. The molecule has 0 saturated heterocycles. The van der Waals surface area contributed by atoms with Crippen LogP contribution in [-0.2, 0) is 24.1 Å². The highest BCUT2D eigenvalue weighted by atomic mass is 32.2. The summed E-state index contributed by atoms with van der Waals surface area (Å²) in [4.78, 5) is 13.4. The van der Waals surface area contributed by atoms with Crippen molar-refractivity contribution in [2.24, 2.45) is 0 Å². The molecule has 5 rings (SSSR count). The standard InChI is InChI=1S/C22H20FNO2S/c23-18-6-2-5-16-19(7-8-27-22(16)18)24-21(25)11-15-12-26-20-10-14-4-1-3-13(14)9-17(15)20/h2,5-6,9-10,12,19H,1,3-4,7-8,11H2,(H,24,25). The van der Waals surface area contributed by atoms with E-state index in [2.05, 4.69) is 17.4 Å². The van der Waals surface area contributed by atoms with Crippen LogP contribution in [0.1, 0.15) is 41.1 Å². The van der Waals surface area contributed by atoms with Gasteiger partial charge in [-0.05, 0) is 60.6 Å². The van der Waals surface area contributed by atoms with E-state index >= 15 is 0 Å². The zero-order chi connectivity index (χ0) is 18.4. The summed E-state index contributed by atoms with van der Waals surface area (Å²) < 4.78 is 19.7. The summed E-state index contributed by atoms with van der Waals surface area (Å²) in [7, 11) is 0. The fraction of sp³-hybridized carbons (Fsp3) is 0.318. The van der Waals surface area contributed by atoms with Crippen molar-refractivity contribution < 1.29 is 13.6 Å². The zero-order valence-corrected chi connectivity index (χ0v) is 15.7. The monoisotopic (exact) mass is 381 g/mol. The fourth-order valence-corrected chi connectivity index (χ4v) is 5.38. The highest BCUT2D eigenvalue weighted by Crippen LogP contribution is 2.38. The Kier molecular flexibility index (Phi) is 4.20. The van der Waals surface area contributed by atoms with Gasteiger partial charge in [0.15, 0.2) is 0 Å². The lowest BCUT2D eigenvalue weighted by atomic mass is 10.0. The summed E-state index contributed by atoms with van der Waals surface area (Å²) in [5.41, 5.74) is 5.40. The maximum Gasteiger partial charge on any atom is 0.225 e. The Bertz CT molecular complexity index is 1040. The molecule has 3 aromatic rings. The van der Waals surface area contributed by atoms with Crippen molar-refractivity contribution in [3.05, 3.63) is 64.7 Å². The molecule has 27 heavy (non-hydrogen) atoms. The lowest BCUT2D eigenvalue weighted by Crippen LogP contribution is -2.31. The van der Waals surface area contributed by atoms with Crippen molar-refractivity contribution in [1.29, 1.82) is 0 Å². The van der Waals surface area contributed by atoms with Gasteiger partial charge in [-0.3, -0.25) is 4.79 Å². The molecule has 2 aromatic carbocycles. The summed E-state index contributed by atoms with van der Waals surface area (Å²) in [6.45, 7) is 0. The molecular formula is C22H20FNO2S. The van der Waals surface area contributed by atoms with Gasteiger partial charge in [-0.1, -0.05) is 12.1 Å². The smallest absolute Gasteiger partial charge is 0.225 e. The molecule has 1 amide bonds. The molecular weight excluding hydrogens is 361 g/mol. The van der Waals surface area contributed by atoms with E-state index in [9.17, 15) is 9.18 Å². The van der Waals surface area contributed by atoms with Crippen molar-refractivity contribution in [3.63, 3.8) is 0 Å². The largest absolute Gasteiger partial charge is 0.464 e.